The summed E-state index contributed by atoms with van der Waals surface area (Å²) in [6.45, 7) is 3.40. The van der Waals surface area contributed by atoms with E-state index in [-0.39, 0.29) is 22.9 Å². The second-order valence-corrected chi connectivity index (χ2v) is 10.7. The van der Waals surface area contributed by atoms with Crippen molar-refractivity contribution < 1.29 is 23.3 Å². The Labute approximate surface area is 192 Å². The average Bonchev–Trinajstić information content (AvgIpc) is 3.31. The predicted octanol–water partition coefficient (Wildman–Crippen LogP) is 2.00. The fourth-order valence-corrected chi connectivity index (χ4v) is 6.48. The molecule has 0 radical (unpaired) electrons. The highest BCUT2D eigenvalue weighted by Gasteiger charge is 2.51. The van der Waals surface area contributed by atoms with Crippen LogP contribution in [0.5, 0.6) is 0 Å². The Hall–Kier alpha value is -3.16. The molecular formula is C23H21FN4O4S. The molecule has 3 aliphatic rings. The molecule has 1 saturated carbocycles. The van der Waals surface area contributed by atoms with Crippen LogP contribution in [-0.2, 0) is 22.4 Å². The van der Waals surface area contributed by atoms with Gasteiger partial charge in [-0.1, -0.05) is 0 Å². The predicted molar refractivity (Wildman–Crippen MR) is 118 cm³/mol. The van der Waals surface area contributed by atoms with Gasteiger partial charge in [0.25, 0.3) is 17.6 Å². The highest BCUT2D eigenvalue weighted by Crippen LogP contribution is 2.54. The maximum Gasteiger partial charge on any atom is 0.293 e. The number of Topliss-reactive ketones (excluding diaryl/α,β-unsaturated/α-hetero) is 1. The molecule has 0 spiro atoms. The van der Waals surface area contributed by atoms with E-state index in [1.54, 1.807) is 19.9 Å². The first-order valence-corrected chi connectivity index (χ1v) is 12.1. The Morgan fingerprint density at radius 3 is 2.73 bits per heavy atom. The molecule has 170 valence electrons. The zero-order valence-electron chi connectivity index (χ0n) is 18.0. The summed E-state index contributed by atoms with van der Waals surface area (Å²) in [6, 6.07) is 5.56. The van der Waals surface area contributed by atoms with E-state index in [9.17, 15) is 23.3 Å². The standard InChI is InChI=1S/C23H21FN4O4S/c1-11-18(20(29)22(31)27-23(2)9-33(32)10-23)17-7-12-6-16(12)28(17)19(11)21(30)26-14-3-4-15(24)13(5-14)8-25/h3-5,12,16H,6-7,9-10H2,1-2H3,(H,26,30)(H,27,31). The molecule has 3 heterocycles. The molecule has 10 heteroatoms. The van der Waals surface area contributed by atoms with E-state index in [0.717, 1.165) is 12.5 Å². The molecule has 1 aliphatic carbocycles. The molecule has 33 heavy (non-hydrogen) atoms. The summed E-state index contributed by atoms with van der Waals surface area (Å²) in [5, 5.41) is 14.4. The molecule has 1 saturated heterocycles. The Morgan fingerprint density at radius 1 is 1.33 bits per heavy atom. The summed E-state index contributed by atoms with van der Waals surface area (Å²) in [4.78, 5) is 39.1. The molecule has 2 aromatic rings. The minimum atomic E-state index is -0.991. The van der Waals surface area contributed by atoms with Gasteiger partial charge in [0, 0.05) is 17.4 Å². The number of carbonyl (C=O) groups excluding carboxylic acids is 3. The van der Waals surface area contributed by atoms with Crippen LogP contribution in [0.3, 0.4) is 0 Å². The fourth-order valence-electron chi connectivity index (χ4n) is 5.00. The second kappa shape index (κ2) is 7.43. The number of benzene rings is 1. The maximum atomic E-state index is 13.6. The molecule has 2 atom stereocenters. The fraction of sp³-hybridized carbons (Fsp3) is 0.391. The molecule has 2 amide bonds. The van der Waals surface area contributed by atoms with Crippen LogP contribution in [0.25, 0.3) is 0 Å². The number of nitrogens with zero attached hydrogens (tertiary/aromatic N) is 2. The Kier molecular flexibility index (Phi) is 4.88. The summed E-state index contributed by atoms with van der Waals surface area (Å²) < 4.78 is 26.9. The lowest BCUT2D eigenvalue weighted by Gasteiger charge is -2.39. The van der Waals surface area contributed by atoms with Crippen molar-refractivity contribution in [2.75, 3.05) is 16.8 Å². The van der Waals surface area contributed by atoms with Crippen molar-refractivity contribution in [2.24, 2.45) is 5.92 Å². The maximum absolute atomic E-state index is 13.6. The zero-order chi connectivity index (χ0) is 23.7. The van der Waals surface area contributed by atoms with E-state index < -0.39 is 40.1 Å². The van der Waals surface area contributed by atoms with Crippen molar-refractivity contribution >= 4 is 34.5 Å². The van der Waals surface area contributed by atoms with Gasteiger partial charge in [0.05, 0.1) is 11.1 Å². The summed E-state index contributed by atoms with van der Waals surface area (Å²) >= 11 is -0.991. The summed E-state index contributed by atoms with van der Waals surface area (Å²) in [5.41, 5.74) is 1.03. The number of hydrogen-bond donors (Lipinski definition) is 2. The Morgan fingerprint density at radius 2 is 2.06 bits per heavy atom. The highest BCUT2D eigenvalue weighted by molar-refractivity contribution is 7.93. The van der Waals surface area contributed by atoms with Crippen molar-refractivity contribution in [3.63, 3.8) is 0 Å². The van der Waals surface area contributed by atoms with Crippen molar-refractivity contribution in [2.45, 2.75) is 38.3 Å². The van der Waals surface area contributed by atoms with Crippen LogP contribution in [0, 0.1) is 30.0 Å². The molecule has 2 fully saturated rings. The number of fused-ring (bicyclic) bond motifs is 3. The largest absolute Gasteiger partial charge is 0.616 e. The number of nitriles is 1. The van der Waals surface area contributed by atoms with Gasteiger partial charge in [0.1, 0.15) is 34.6 Å². The molecule has 0 bridgehead atoms. The van der Waals surface area contributed by atoms with E-state index >= 15 is 0 Å². The summed E-state index contributed by atoms with van der Waals surface area (Å²) in [6.07, 6.45) is 1.52. The van der Waals surface area contributed by atoms with Crippen molar-refractivity contribution in [1.82, 2.24) is 9.88 Å². The third kappa shape index (κ3) is 3.52. The molecule has 1 aromatic heterocycles. The first-order valence-electron chi connectivity index (χ1n) is 10.6. The van der Waals surface area contributed by atoms with Crippen LogP contribution in [0.15, 0.2) is 18.2 Å². The van der Waals surface area contributed by atoms with E-state index in [4.69, 9.17) is 5.26 Å². The number of halogens is 1. The van der Waals surface area contributed by atoms with Gasteiger partial charge in [-0.05, 0) is 67.5 Å². The molecular weight excluding hydrogens is 447 g/mol. The summed E-state index contributed by atoms with van der Waals surface area (Å²) in [5.74, 6) is -1.70. The van der Waals surface area contributed by atoms with Crippen LogP contribution in [-0.4, -0.2) is 43.8 Å². The van der Waals surface area contributed by atoms with Crippen LogP contribution >= 0.6 is 0 Å². The van der Waals surface area contributed by atoms with E-state index in [2.05, 4.69) is 10.6 Å². The lowest BCUT2D eigenvalue weighted by Crippen LogP contribution is -2.64. The topological polar surface area (TPSA) is 127 Å². The number of anilines is 1. The van der Waals surface area contributed by atoms with Gasteiger partial charge < -0.3 is 19.8 Å². The third-order valence-corrected chi connectivity index (χ3v) is 8.51. The number of carbonyl (C=O) groups is 3. The Balaban J connectivity index is 1.45. The number of rotatable bonds is 5. The minimum absolute atomic E-state index is 0.110. The SMILES string of the molecule is Cc1c(C(=O)C(=O)NC2(C)C[S+]([O-])C2)c2n(c1C(=O)Nc1ccc(F)c(C#N)c1)C1CC1C2. The Bertz CT molecular complexity index is 1270. The van der Waals surface area contributed by atoms with Gasteiger partial charge >= 0.3 is 0 Å². The van der Waals surface area contributed by atoms with Crippen molar-refractivity contribution in [1.29, 1.82) is 5.26 Å². The number of amides is 2. The monoisotopic (exact) mass is 468 g/mol. The van der Waals surface area contributed by atoms with Gasteiger partial charge in [0.2, 0.25) is 0 Å². The molecule has 2 N–H and O–H groups in total. The average molecular weight is 469 g/mol. The van der Waals surface area contributed by atoms with Crippen LogP contribution in [0.1, 0.15) is 57.1 Å². The quantitative estimate of drug-likeness (QED) is 0.394. The second-order valence-electron chi connectivity index (χ2n) is 9.27. The normalized spacial score (nSPS) is 26.5. The number of nitrogens with one attached hydrogen (secondary N) is 2. The smallest absolute Gasteiger partial charge is 0.293 e. The van der Waals surface area contributed by atoms with Crippen molar-refractivity contribution in [3.8, 4) is 6.07 Å². The number of aromatic nitrogens is 1. The van der Waals surface area contributed by atoms with Gasteiger partial charge in [-0.2, -0.15) is 5.26 Å². The van der Waals surface area contributed by atoms with Gasteiger partial charge in [-0.3, -0.25) is 14.4 Å². The highest BCUT2D eigenvalue weighted by atomic mass is 32.2. The van der Waals surface area contributed by atoms with Gasteiger partial charge in [-0.25, -0.2) is 4.39 Å². The van der Waals surface area contributed by atoms with E-state index in [1.807, 2.05) is 4.57 Å². The first kappa shape index (κ1) is 21.7. The molecule has 1 aromatic carbocycles. The lowest BCUT2D eigenvalue weighted by atomic mass is 10.0. The van der Waals surface area contributed by atoms with E-state index in [0.29, 0.717) is 40.8 Å². The van der Waals surface area contributed by atoms with Gasteiger partial charge in [-0.15, -0.1) is 0 Å². The molecule has 2 aliphatic heterocycles. The van der Waals surface area contributed by atoms with Gasteiger partial charge in [0.15, 0.2) is 0 Å². The number of ketones is 1. The van der Waals surface area contributed by atoms with Crippen LogP contribution in [0.2, 0.25) is 0 Å². The van der Waals surface area contributed by atoms with Crippen LogP contribution < -0.4 is 10.6 Å². The van der Waals surface area contributed by atoms with Crippen molar-refractivity contribution in [3.05, 3.63) is 52.1 Å². The number of hydrogen-bond acceptors (Lipinski definition) is 5. The molecule has 2 unspecified atom stereocenters. The minimum Gasteiger partial charge on any atom is -0.616 e. The third-order valence-electron chi connectivity index (χ3n) is 6.59. The molecule has 5 rings (SSSR count). The van der Waals surface area contributed by atoms with Crippen LogP contribution in [0.4, 0.5) is 10.1 Å². The first-order chi connectivity index (χ1) is 15.6. The lowest BCUT2D eigenvalue weighted by molar-refractivity contribution is -0.118. The zero-order valence-corrected chi connectivity index (χ0v) is 18.8. The van der Waals surface area contributed by atoms with E-state index in [1.165, 1.54) is 12.1 Å². The molecule has 8 nitrogen and oxygen atoms in total. The summed E-state index contributed by atoms with van der Waals surface area (Å²) in [7, 11) is 0.